The number of sulfonamides is 1. The number of benzene rings is 2. The van der Waals surface area contributed by atoms with Gasteiger partial charge in [0.15, 0.2) is 0 Å². The number of rotatable bonds is 7. The van der Waals surface area contributed by atoms with Crippen LogP contribution in [0.4, 0.5) is 0 Å². The van der Waals surface area contributed by atoms with E-state index in [0.29, 0.717) is 17.7 Å². The number of nitrogens with one attached hydrogen (secondary N) is 1. The summed E-state index contributed by atoms with van der Waals surface area (Å²) < 4.78 is 27.7. The molecule has 3 rings (SSSR count). The van der Waals surface area contributed by atoms with Crippen molar-refractivity contribution in [3.8, 4) is 6.07 Å². The van der Waals surface area contributed by atoms with E-state index in [1.165, 1.54) is 11.1 Å². The second kappa shape index (κ2) is 8.66. The Morgan fingerprint density at radius 1 is 1.19 bits per heavy atom. The number of nitriles is 1. The molecule has 0 fully saturated rings. The monoisotopic (exact) mass is 383 g/mol. The summed E-state index contributed by atoms with van der Waals surface area (Å²) in [5.74, 6) is -0.109. The lowest BCUT2D eigenvalue weighted by Gasteiger charge is -2.35. The van der Waals surface area contributed by atoms with E-state index in [-0.39, 0.29) is 11.8 Å². The standard InChI is InChI=1S/C21H25N3O2S/c1-2-21(24-11-10-19-8-3-4-9-20(19)15-24)14-23-27(25,26)16-18-7-5-6-17(12-18)13-22/h3-9,12,21,23H,2,10-11,14-16H2,1H3/t21-/m0/s1. The van der Waals surface area contributed by atoms with Crippen LogP contribution in [-0.2, 0) is 28.7 Å². The number of nitrogens with zero attached hydrogens (tertiary/aromatic N) is 2. The highest BCUT2D eigenvalue weighted by molar-refractivity contribution is 7.88. The molecule has 1 aliphatic rings. The Hall–Kier alpha value is -2.20. The highest BCUT2D eigenvalue weighted by Crippen LogP contribution is 2.21. The van der Waals surface area contributed by atoms with Crippen molar-refractivity contribution in [2.45, 2.75) is 38.1 Å². The fraction of sp³-hybridized carbons (Fsp3) is 0.381. The number of hydrogen-bond acceptors (Lipinski definition) is 4. The van der Waals surface area contributed by atoms with Crippen LogP contribution in [0.5, 0.6) is 0 Å². The topological polar surface area (TPSA) is 73.2 Å². The van der Waals surface area contributed by atoms with Crippen LogP contribution in [0.3, 0.4) is 0 Å². The van der Waals surface area contributed by atoms with Gasteiger partial charge < -0.3 is 0 Å². The smallest absolute Gasteiger partial charge is 0.215 e. The van der Waals surface area contributed by atoms with E-state index in [1.807, 2.05) is 6.07 Å². The summed E-state index contributed by atoms with van der Waals surface area (Å²) in [4.78, 5) is 2.36. The Labute approximate surface area is 161 Å². The number of hydrogen-bond donors (Lipinski definition) is 1. The van der Waals surface area contributed by atoms with E-state index in [0.717, 1.165) is 25.9 Å². The maximum absolute atomic E-state index is 12.5. The summed E-state index contributed by atoms with van der Waals surface area (Å²) in [7, 11) is -3.45. The van der Waals surface area contributed by atoms with Crippen molar-refractivity contribution in [1.29, 1.82) is 5.26 Å². The zero-order valence-corrected chi connectivity index (χ0v) is 16.4. The van der Waals surface area contributed by atoms with Gasteiger partial charge in [0.1, 0.15) is 0 Å². The maximum Gasteiger partial charge on any atom is 0.215 e. The largest absolute Gasteiger partial charge is 0.295 e. The molecule has 0 amide bonds. The average molecular weight is 384 g/mol. The molecule has 142 valence electrons. The summed E-state index contributed by atoms with van der Waals surface area (Å²) in [6.07, 6.45) is 1.88. The fourth-order valence-corrected chi connectivity index (χ4v) is 4.75. The summed E-state index contributed by atoms with van der Waals surface area (Å²) in [6, 6.07) is 17.4. The lowest BCUT2D eigenvalue weighted by atomic mass is 9.98. The van der Waals surface area contributed by atoms with Crippen molar-refractivity contribution in [2.24, 2.45) is 0 Å². The van der Waals surface area contributed by atoms with Crippen molar-refractivity contribution in [3.63, 3.8) is 0 Å². The minimum absolute atomic E-state index is 0.109. The van der Waals surface area contributed by atoms with E-state index in [1.54, 1.807) is 24.3 Å². The van der Waals surface area contributed by atoms with E-state index in [9.17, 15) is 8.42 Å². The zero-order valence-electron chi connectivity index (χ0n) is 15.6. The van der Waals surface area contributed by atoms with Crippen LogP contribution in [0, 0.1) is 11.3 Å². The predicted molar refractivity (Wildman–Crippen MR) is 106 cm³/mol. The van der Waals surface area contributed by atoms with Gasteiger partial charge in [-0.3, -0.25) is 4.90 Å². The van der Waals surface area contributed by atoms with Gasteiger partial charge in [0.05, 0.1) is 17.4 Å². The van der Waals surface area contributed by atoms with Crippen LogP contribution >= 0.6 is 0 Å². The Kier molecular flexibility index (Phi) is 6.27. The molecular weight excluding hydrogens is 358 g/mol. The molecule has 1 heterocycles. The van der Waals surface area contributed by atoms with Gasteiger partial charge in [-0.1, -0.05) is 43.3 Å². The first-order valence-corrected chi connectivity index (χ1v) is 10.9. The molecule has 0 saturated carbocycles. The van der Waals surface area contributed by atoms with Crippen molar-refractivity contribution < 1.29 is 8.42 Å². The molecule has 5 nitrogen and oxygen atoms in total. The van der Waals surface area contributed by atoms with Gasteiger partial charge in [-0.15, -0.1) is 0 Å². The summed E-state index contributed by atoms with van der Waals surface area (Å²) in [6.45, 7) is 4.30. The molecule has 2 aromatic carbocycles. The van der Waals surface area contributed by atoms with Crippen molar-refractivity contribution in [2.75, 3.05) is 13.1 Å². The third-order valence-corrected chi connectivity index (χ3v) is 6.42. The molecule has 1 aliphatic heterocycles. The van der Waals surface area contributed by atoms with Gasteiger partial charge in [0.25, 0.3) is 0 Å². The van der Waals surface area contributed by atoms with Crippen LogP contribution < -0.4 is 4.72 Å². The maximum atomic E-state index is 12.5. The van der Waals surface area contributed by atoms with Gasteiger partial charge in [-0.05, 0) is 41.7 Å². The highest BCUT2D eigenvalue weighted by atomic mass is 32.2. The fourth-order valence-electron chi connectivity index (χ4n) is 3.59. The SMILES string of the molecule is CC[C@@H](CNS(=O)(=O)Cc1cccc(C#N)c1)N1CCc2ccccc2C1. The first kappa shape index (κ1) is 19.6. The van der Waals surface area contributed by atoms with Gasteiger partial charge in [-0.2, -0.15) is 5.26 Å². The predicted octanol–water partition coefficient (Wildman–Crippen LogP) is 2.81. The van der Waals surface area contributed by atoms with Crippen LogP contribution in [0.2, 0.25) is 0 Å². The molecule has 1 atom stereocenters. The average Bonchev–Trinajstić information content (AvgIpc) is 2.68. The minimum Gasteiger partial charge on any atom is -0.295 e. The second-order valence-corrected chi connectivity index (χ2v) is 8.78. The third kappa shape index (κ3) is 5.16. The lowest BCUT2D eigenvalue weighted by molar-refractivity contribution is 0.175. The Morgan fingerprint density at radius 3 is 2.70 bits per heavy atom. The zero-order chi connectivity index (χ0) is 19.3. The second-order valence-electron chi connectivity index (χ2n) is 6.97. The van der Waals surface area contributed by atoms with Gasteiger partial charge in [0.2, 0.25) is 10.0 Å². The molecule has 0 radical (unpaired) electrons. The molecule has 6 heteroatoms. The number of fused-ring (bicyclic) bond motifs is 1. The molecule has 27 heavy (non-hydrogen) atoms. The van der Waals surface area contributed by atoms with E-state index < -0.39 is 10.0 Å². The molecule has 0 spiro atoms. The Bertz CT molecular complexity index is 934. The molecule has 0 unspecified atom stereocenters. The quantitative estimate of drug-likeness (QED) is 0.798. The van der Waals surface area contributed by atoms with Crippen molar-refractivity contribution >= 4 is 10.0 Å². The van der Waals surface area contributed by atoms with Crippen molar-refractivity contribution in [1.82, 2.24) is 9.62 Å². The Balaban J connectivity index is 1.61. The molecule has 0 bridgehead atoms. The van der Waals surface area contributed by atoms with Gasteiger partial charge in [0, 0.05) is 25.7 Å². The van der Waals surface area contributed by atoms with E-state index in [2.05, 4.69) is 40.8 Å². The van der Waals surface area contributed by atoms with Crippen molar-refractivity contribution in [3.05, 3.63) is 70.8 Å². The molecule has 0 saturated heterocycles. The molecule has 0 aliphatic carbocycles. The first-order chi connectivity index (χ1) is 13.0. The summed E-state index contributed by atoms with van der Waals surface area (Å²) in [5, 5.41) is 8.96. The van der Waals surface area contributed by atoms with E-state index in [4.69, 9.17) is 5.26 Å². The van der Waals surface area contributed by atoms with Crippen LogP contribution in [0.15, 0.2) is 48.5 Å². The first-order valence-electron chi connectivity index (χ1n) is 9.28. The van der Waals surface area contributed by atoms with Crippen LogP contribution in [0.1, 0.15) is 35.6 Å². The molecule has 2 aromatic rings. The third-order valence-electron chi connectivity index (χ3n) is 5.10. The molecular formula is C21H25N3O2S. The molecule has 0 aromatic heterocycles. The molecule has 1 N–H and O–H groups in total. The lowest BCUT2D eigenvalue weighted by Crippen LogP contribution is -2.45. The summed E-state index contributed by atoms with van der Waals surface area (Å²) >= 11 is 0. The van der Waals surface area contributed by atoms with Gasteiger partial charge >= 0.3 is 0 Å². The summed E-state index contributed by atoms with van der Waals surface area (Å²) in [5.41, 5.74) is 3.82. The Morgan fingerprint density at radius 2 is 1.96 bits per heavy atom. The normalized spacial score (nSPS) is 15.7. The van der Waals surface area contributed by atoms with Gasteiger partial charge in [-0.25, -0.2) is 13.1 Å². The van der Waals surface area contributed by atoms with Crippen LogP contribution in [0.25, 0.3) is 0 Å². The van der Waals surface area contributed by atoms with E-state index >= 15 is 0 Å². The highest BCUT2D eigenvalue weighted by Gasteiger charge is 2.23. The van der Waals surface area contributed by atoms with Crippen LogP contribution in [-0.4, -0.2) is 32.4 Å². The minimum atomic E-state index is -3.45.